The highest BCUT2D eigenvalue weighted by Crippen LogP contribution is 2.38. The van der Waals surface area contributed by atoms with Gasteiger partial charge in [-0.2, -0.15) is 4.80 Å². The number of nitrogens with zero attached hydrogens (tertiary/aromatic N) is 4. The second-order valence-corrected chi connectivity index (χ2v) is 9.52. The summed E-state index contributed by atoms with van der Waals surface area (Å²) in [6, 6.07) is 13.2. The second-order valence-electron chi connectivity index (χ2n) is 9.11. The lowest BCUT2D eigenvalue weighted by Crippen LogP contribution is -2.34. The highest BCUT2D eigenvalue weighted by atomic mass is 32.1. The minimum Gasteiger partial charge on any atom is -0.493 e. The van der Waals surface area contributed by atoms with Crippen LogP contribution in [0.25, 0.3) is 16.7 Å². The van der Waals surface area contributed by atoms with Crippen molar-refractivity contribution in [2.24, 2.45) is 0 Å². The van der Waals surface area contributed by atoms with Gasteiger partial charge in [0.05, 0.1) is 27.0 Å². The van der Waals surface area contributed by atoms with Gasteiger partial charge in [-0.1, -0.05) is 0 Å². The molecule has 3 aromatic carbocycles. The summed E-state index contributed by atoms with van der Waals surface area (Å²) in [6.07, 6.45) is 0. The molecule has 0 fully saturated rings. The standard InChI is InChI=1S/C29H34N6O4S/c1-8-34(9-2)20-10-11-24(18(4)12-20)35-32-22-13-17(3)21(16-23(22)33-35)30-29(40)31-28(36)19-14-25(37-5)27(39-7)26(15-19)38-6/h10-16H,8-9H2,1-7H3,(H2,30,31,36,40). The molecule has 0 radical (unpaired) electrons. The summed E-state index contributed by atoms with van der Waals surface area (Å²) in [7, 11) is 4.48. The Morgan fingerprint density at radius 3 is 2.08 bits per heavy atom. The number of carbonyl (C=O) groups is 1. The van der Waals surface area contributed by atoms with E-state index < -0.39 is 5.91 Å². The molecule has 4 rings (SSSR count). The summed E-state index contributed by atoms with van der Waals surface area (Å²) >= 11 is 5.44. The number of methoxy groups -OCH3 is 3. The van der Waals surface area contributed by atoms with Crippen LogP contribution in [-0.4, -0.2) is 60.4 Å². The molecular weight excluding hydrogens is 528 g/mol. The third kappa shape index (κ3) is 5.79. The summed E-state index contributed by atoms with van der Waals surface area (Å²) in [5.41, 5.74) is 6.52. The summed E-state index contributed by atoms with van der Waals surface area (Å²) < 4.78 is 16.0. The van der Waals surface area contributed by atoms with Crippen LogP contribution in [0.5, 0.6) is 17.2 Å². The molecule has 0 spiro atoms. The fourth-order valence-electron chi connectivity index (χ4n) is 4.50. The smallest absolute Gasteiger partial charge is 0.257 e. The highest BCUT2D eigenvalue weighted by molar-refractivity contribution is 7.80. The van der Waals surface area contributed by atoms with Crippen molar-refractivity contribution in [3.05, 3.63) is 59.2 Å². The molecule has 0 saturated heterocycles. The number of hydrogen-bond donors (Lipinski definition) is 2. The fourth-order valence-corrected chi connectivity index (χ4v) is 4.70. The number of anilines is 2. The van der Waals surface area contributed by atoms with Crippen LogP contribution >= 0.6 is 12.2 Å². The van der Waals surface area contributed by atoms with Crippen molar-refractivity contribution in [1.82, 2.24) is 20.3 Å². The first-order chi connectivity index (χ1) is 19.2. The van der Waals surface area contributed by atoms with Crippen LogP contribution in [0.4, 0.5) is 11.4 Å². The second kappa shape index (κ2) is 12.2. The predicted molar refractivity (Wildman–Crippen MR) is 162 cm³/mol. The molecule has 2 N–H and O–H groups in total. The van der Waals surface area contributed by atoms with Gasteiger partial charge in [0.15, 0.2) is 16.6 Å². The molecule has 0 atom stereocenters. The number of aryl methyl sites for hydroxylation is 2. The van der Waals surface area contributed by atoms with Gasteiger partial charge in [0.25, 0.3) is 5.91 Å². The Labute approximate surface area is 239 Å². The molecule has 0 aliphatic carbocycles. The van der Waals surface area contributed by atoms with Crippen molar-refractivity contribution in [3.63, 3.8) is 0 Å². The molecule has 0 aliphatic rings. The lowest BCUT2D eigenvalue weighted by atomic mass is 10.1. The van der Waals surface area contributed by atoms with Crippen LogP contribution in [0.1, 0.15) is 35.3 Å². The van der Waals surface area contributed by atoms with Crippen LogP contribution < -0.4 is 29.7 Å². The average molecular weight is 563 g/mol. The Morgan fingerprint density at radius 1 is 0.900 bits per heavy atom. The van der Waals surface area contributed by atoms with E-state index in [1.54, 1.807) is 16.9 Å². The molecule has 11 heteroatoms. The van der Waals surface area contributed by atoms with Gasteiger partial charge in [-0.3, -0.25) is 10.1 Å². The van der Waals surface area contributed by atoms with Gasteiger partial charge in [0.2, 0.25) is 5.75 Å². The molecule has 1 heterocycles. The number of thiocarbonyl (C=S) groups is 1. The highest BCUT2D eigenvalue weighted by Gasteiger charge is 2.18. The summed E-state index contributed by atoms with van der Waals surface area (Å²) in [5.74, 6) is 0.709. The first-order valence-electron chi connectivity index (χ1n) is 12.9. The molecule has 1 aromatic heterocycles. The third-order valence-electron chi connectivity index (χ3n) is 6.65. The minimum atomic E-state index is -0.426. The van der Waals surface area contributed by atoms with E-state index in [1.807, 2.05) is 25.1 Å². The maximum absolute atomic E-state index is 13.0. The van der Waals surface area contributed by atoms with E-state index in [0.29, 0.717) is 34.0 Å². The van der Waals surface area contributed by atoms with Crippen molar-refractivity contribution in [2.45, 2.75) is 27.7 Å². The van der Waals surface area contributed by atoms with Gasteiger partial charge >= 0.3 is 0 Å². The van der Waals surface area contributed by atoms with E-state index >= 15 is 0 Å². The van der Waals surface area contributed by atoms with E-state index in [1.165, 1.54) is 27.0 Å². The predicted octanol–water partition coefficient (Wildman–Crippen LogP) is 5.04. The molecule has 0 aliphatic heterocycles. The van der Waals surface area contributed by atoms with Gasteiger partial charge in [-0.05, 0) is 93.5 Å². The maximum Gasteiger partial charge on any atom is 0.257 e. The third-order valence-corrected chi connectivity index (χ3v) is 6.86. The topological polar surface area (TPSA) is 103 Å². The van der Waals surface area contributed by atoms with Crippen LogP contribution in [0.2, 0.25) is 0 Å². The van der Waals surface area contributed by atoms with E-state index in [4.69, 9.17) is 36.6 Å². The number of amides is 1. The first-order valence-corrected chi connectivity index (χ1v) is 13.3. The summed E-state index contributed by atoms with van der Waals surface area (Å²) in [5, 5.41) is 15.4. The van der Waals surface area contributed by atoms with Crippen LogP contribution in [0, 0.1) is 13.8 Å². The number of benzene rings is 3. The quantitative estimate of drug-likeness (QED) is 0.272. The number of aromatic nitrogens is 3. The van der Waals surface area contributed by atoms with Crippen molar-refractivity contribution in [1.29, 1.82) is 0 Å². The number of carbonyl (C=O) groups excluding carboxylic acids is 1. The number of nitrogens with one attached hydrogen (secondary N) is 2. The summed E-state index contributed by atoms with van der Waals surface area (Å²) in [4.78, 5) is 16.9. The Morgan fingerprint density at radius 2 is 1.52 bits per heavy atom. The van der Waals surface area contributed by atoms with Gasteiger partial charge in [0, 0.05) is 30.0 Å². The Bertz CT molecular complexity index is 1540. The van der Waals surface area contributed by atoms with E-state index in [9.17, 15) is 4.79 Å². The molecule has 0 saturated carbocycles. The normalized spacial score (nSPS) is 10.8. The Kier molecular flexibility index (Phi) is 8.73. The summed E-state index contributed by atoms with van der Waals surface area (Å²) in [6.45, 7) is 10.2. The lowest BCUT2D eigenvalue weighted by molar-refractivity contribution is 0.0977. The maximum atomic E-state index is 13.0. The van der Waals surface area contributed by atoms with E-state index in [0.717, 1.165) is 35.4 Å². The largest absolute Gasteiger partial charge is 0.493 e. The molecule has 0 bridgehead atoms. The van der Waals surface area contributed by atoms with Crippen LogP contribution in [0.3, 0.4) is 0 Å². The van der Waals surface area contributed by atoms with Gasteiger partial charge in [-0.25, -0.2) is 0 Å². The molecule has 10 nitrogen and oxygen atoms in total. The molecule has 0 unspecified atom stereocenters. The number of fused-ring (bicyclic) bond motifs is 1. The van der Waals surface area contributed by atoms with Crippen LogP contribution in [0.15, 0.2) is 42.5 Å². The lowest BCUT2D eigenvalue weighted by Gasteiger charge is -2.22. The monoisotopic (exact) mass is 562 g/mol. The van der Waals surface area contributed by atoms with Gasteiger partial charge < -0.3 is 24.4 Å². The number of hydrogen-bond acceptors (Lipinski definition) is 8. The van der Waals surface area contributed by atoms with E-state index in [-0.39, 0.29) is 5.11 Å². The zero-order valence-corrected chi connectivity index (χ0v) is 24.6. The molecule has 4 aromatic rings. The van der Waals surface area contributed by atoms with Crippen molar-refractivity contribution >= 4 is 45.6 Å². The first kappa shape index (κ1) is 28.6. The SMILES string of the molecule is CCN(CC)c1ccc(-n2nc3cc(C)c(NC(=S)NC(=O)c4cc(OC)c(OC)c(OC)c4)cc3n2)c(C)c1. The zero-order valence-electron chi connectivity index (χ0n) is 23.8. The molecule has 1 amide bonds. The molecule has 210 valence electrons. The zero-order chi connectivity index (χ0) is 29.0. The van der Waals surface area contributed by atoms with Crippen LogP contribution in [-0.2, 0) is 0 Å². The van der Waals surface area contributed by atoms with Crippen molar-refractivity contribution in [2.75, 3.05) is 44.6 Å². The Balaban J connectivity index is 1.54. The average Bonchev–Trinajstić information content (AvgIpc) is 3.35. The van der Waals surface area contributed by atoms with Gasteiger partial charge in [0.1, 0.15) is 11.0 Å². The van der Waals surface area contributed by atoms with Crippen molar-refractivity contribution in [3.8, 4) is 22.9 Å². The Hall–Kier alpha value is -4.38. The minimum absolute atomic E-state index is 0.136. The molecular formula is C29H34N6O4S. The van der Waals surface area contributed by atoms with Gasteiger partial charge in [-0.15, -0.1) is 10.2 Å². The van der Waals surface area contributed by atoms with Crippen molar-refractivity contribution < 1.29 is 19.0 Å². The fraction of sp³-hybridized carbons (Fsp3) is 0.310. The molecule has 40 heavy (non-hydrogen) atoms. The number of ether oxygens (including phenoxy) is 3. The van der Waals surface area contributed by atoms with E-state index in [2.05, 4.69) is 48.4 Å². The number of rotatable bonds is 9.